The van der Waals surface area contributed by atoms with Crippen LogP contribution in [0.1, 0.15) is 35.3 Å². The van der Waals surface area contributed by atoms with Crippen molar-refractivity contribution in [3.05, 3.63) is 54.0 Å². The lowest BCUT2D eigenvalue weighted by molar-refractivity contribution is 0.0948. The highest BCUT2D eigenvalue weighted by Crippen LogP contribution is 2.23. The fourth-order valence-electron chi connectivity index (χ4n) is 2.23. The van der Waals surface area contributed by atoms with Gasteiger partial charge in [0.1, 0.15) is 17.8 Å². The Bertz CT molecular complexity index is 626. The van der Waals surface area contributed by atoms with Crippen LogP contribution in [0.5, 0.6) is 0 Å². The van der Waals surface area contributed by atoms with Crippen molar-refractivity contribution in [1.29, 1.82) is 0 Å². The molecule has 1 aliphatic rings. The van der Waals surface area contributed by atoms with E-state index in [4.69, 9.17) is 0 Å². The summed E-state index contributed by atoms with van der Waals surface area (Å²) in [5, 5.41) is 6.18. The molecule has 0 unspecified atom stereocenters. The lowest BCUT2D eigenvalue weighted by Gasteiger charge is -2.07. The average molecular weight is 296 g/mol. The summed E-state index contributed by atoms with van der Waals surface area (Å²) in [6.07, 6.45) is 5.65. The quantitative estimate of drug-likeness (QED) is 0.770. The van der Waals surface area contributed by atoms with Gasteiger partial charge >= 0.3 is 0 Å². The molecule has 22 heavy (non-hydrogen) atoms. The standard InChI is InChI=1S/C17H20N4O/c22-17(18-10-4-7-13-5-2-1-3-6-13)15-11-16(20-12-19-15)21-14-8-9-14/h1-3,5-6,11-12,14H,4,7-10H2,(H,18,22)(H,19,20,21). The molecule has 2 aromatic rings. The van der Waals surface area contributed by atoms with Crippen LogP contribution in [0.15, 0.2) is 42.7 Å². The van der Waals surface area contributed by atoms with Crippen LogP contribution < -0.4 is 10.6 Å². The van der Waals surface area contributed by atoms with Gasteiger partial charge in [0.25, 0.3) is 5.91 Å². The first-order valence-corrected chi connectivity index (χ1v) is 7.72. The van der Waals surface area contributed by atoms with E-state index in [1.807, 2.05) is 18.2 Å². The minimum atomic E-state index is -0.144. The second-order valence-corrected chi connectivity index (χ2v) is 5.55. The Morgan fingerprint density at radius 3 is 2.77 bits per heavy atom. The van der Waals surface area contributed by atoms with Gasteiger partial charge in [-0.05, 0) is 31.2 Å². The van der Waals surface area contributed by atoms with Gasteiger partial charge < -0.3 is 10.6 Å². The second-order valence-electron chi connectivity index (χ2n) is 5.55. The Kier molecular flexibility index (Phi) is 4.63. The van der Waals surface area contributed by atoms with E-state index in [9.17, 15) is 4.79 Å². The number of rotatable bonds is 7. The number of benzene rings is 1. The zero-order valence-electron chi connectivity index (χ0n) is 12.5. The van der Waals surface area contributed by atoms with Crippen molar-refractivity contribution in [3.63, 3.8) is 0 Å². The van der Waals surface area contributed by atoms with Crippen molar-refractivity contribution in [2.75, 3.05) is 11.9 Å². The maximum absolute atomic E-state index is 12.1. The fraction of sp³-hybridized carbons (Fsp3) is 0.353. The number of hydrogen-bond donors (Lipinski definition) is 2. The molecule has 1 fully saturated rings. The molecule has 2 N–H and O–H groups in total. The Hall–Kier alpha value is -2.43. The number of amides is 1. The molecule has 1 aliphatic carbocycles. The van der Waals surface area contributed by atoms with Crippen LogP contribution in [-0.2, 0) is 6.42 Å². The Morgan fingerprint density at radius 2 is 2.00 bits per heavy atom. The number of nitrogens with zero attached hydrogens (tertiary/aromatic N) is 2. The van der Waals surface area contributed by atoms with E-state index < -0.39 is 0 Å². The first-order valence-electron chi connectivity index (χ1n) is 7.72. The molecule has 0 radical (unpaired) electrons. The molecule has 5 heteroatoms. The van der Waals surface area contributed by atoms with E-state index in [0.717, 1.165) is 18.7 Å². The first-order chi connectivity index (χ1) is 10.8. The van der Waals surface area contributed by atoms with Crippen molar-refractivity contribution in [2.45, 2.75) is 31.7 Å². The number of carbonyl (C=O) groups excluding carboxylic acids is 1. The van der Waals surface area contributed by atoms with E-state index in [0.29, 0.717) is 18.3 Å². The van der Waals surface area contributed by atoms with E-state index in [1.54, 1.807) is 6.07 Å². The maximum Gasteiger partial charge on any atom is 0.270 e. The summed E-state index contributed by atoms with van der Waals surface area (Å²) in [5.74, 6) is 0.584. The number of aromatic nitrogens is 2. The Labute approximate surface area is 130 Å². The molecule has 1 aromatic carbocycles. The fourth-order valence-corrected chi connectivity index (χ4v) is 2.23. The molecule has 1 amide bonds. The van der Waals surface area contributed by atoms with Crippen LogP contribution in [0.3, 0.4) is 0 Å². The van der Waals surface area contributed by atoms with Crippen molar-refractivity contribution in [2.24, 2.45) is 0 Å². The van der Waals surface area contributed by atoms with Gasteiger partial charge in [-0.15, -0.1) is 0 Å². The predicted molar refractivity (Wildman–Crippen MR) is 85.8 cm³/mol. The van der Waals surface area contributed by atoms with Crippen LogP contribution in [-0.4, -0.2) is 28.5 Å². The molecule has 0 atom stereocenters. The molecule has 1 aromatic heterocycles. The minimum absolute atomic E-state index is 0.144. The van der Waals surface area contributed by atoms with E-state index >= 15 is 0 Å². The summed E-state index contributed by atoms with van der Waals surface area (Å²) in [4.78, 5) is 20.3. The topological polar surface area (TPSA) is 66.9 Å². The second kappa shape index (κ2) is 7.02. The van der Waals surface area contributed by atoms with Gasteiger partial charge in [0.15, 0.2) is 0 Å². The monoisotopic (exact) mass is 296 g/mol. The molecule has 114 valence electrons. The van der Waals surface area contributed by atoms with Gasteiger partial charge in [-0.2, -0.15) is 0 Å². The number of nitrogens with one attached hydrogen (secondary N) is 2. The summed E-state index contributed by atoms with van der Waals surface area (Å²) in [5.41, 5.74) is 1.70. The van der Waals surface area contributed by atoms with Gasteiger partial charge in [0, 0.05) is 18.7 Å². The lowest BCUT2D eigenvalue weighted by atomic mass is 10.1. The molecule has 1 heterocycles. The smallest absolute Gasteiger partial charge is 0.270 e. The summed E-state index contributed by atoms with van der Waals surface area (Å²) in [7, 11) is 0. The zero-order chi connectivity index (χ0) is 15.2. The van der Waals surface area contributed by atoms with Crippen LogP contribution in [0.2, 0.25) is 0 Å². The predicted octanol–water partition coefficient (Wildman–Crippen LogP) is 2.41. The van der Waals surface area contributed by atoms with Crippen molar-refractivity contribution >= 4 is 11.7 Å². The van der Waals surface area contributed by atoms with Crippen LogP contribution in [0.4, 0.5) is 5.82 Å². The van der Waals surface area contributed by atoms with Crippen LogP contribution >= 0.6 is 0 Å². The van der Waals surface area contributed by atoms with E-state index in [1.165, 1.54) is 24.7 Å². The van der Waals surface area contributed by atoms with Gasteiger partial charge in [0.2, 0.25) is 0 Å². The zero-order valence-corrected chi connectivity index (χ0v) is 12.5. The van der Waals surface area contributed by atoms with Gasteiger partial charge in [0.05, 0.1) is 0 Å². The molecule has 0 saturated heterocycles. The van der Waals surface area contributed by atoms with Crippen LogP contribution in [0, 0.1) is 0 Å². The molecular weight excluding hydrogens is 276 g/mol. The molecule has 3 rings (SSSR count). The molecule has 0 spiro atoms. The molecule has 0 bridgehead atoms. The Balaban J connectivity index is 1.45. The number of anilines is 1. The Morgan fingerprint density at radius 1 is 1.18 bits per heavy atom. The van der Waals surface area contributed by atoms with E-state index in [2.05, 4.69) is 32.7 Å². The molecule has 1 saturated carbocycles. The van der Waals surface area contributed by atoms with E-state index in [-0.39, 0.29) is 5.91 Å². The SMILES string of the molecule is O=C(NCCCc1ccccc1)c1cc(NC2CC2)ncn1. The van der Waals surface area contributed by atoms with Crippen molar-refractivity contribution in [3.8, 4) is 0 Å². The van der Waals surface area contributed by atoms with Gasteiger partial charge in [-0.25, -0.2) is 9.97 Å². The van der Waals surface area contributed by atoms with Crippen LogP contribution in [0.25, 0.3) is 0 Å². The highest BCUT2D eigenvalue weighted by Gasteiger charge is 2.21. The lowest BCUT2D eigenvalue weighted by Crippen LogP contribution is -2.26. The molecule has 5 nitrogen and oxygen atoms in total. The third-order valence-corrected chi connectivity index (χ3v) is 3.60. The highest BCUT2D eigenvalue weighted by atomic mass is 16.1. The number of aryl methyl sites for hydroxylation is 1. The van der Waals surface area contributed by atoms with Gasteiger partial charge in [-0.1, -0.05) is 30.3 Å². The highest BCUT2D eigenvalue weighted by molar-refractivity contribution is 5.92. The average Bonchev–Trinajstić information content (AvgIpc) is 3.36. The minimum Gasteiger partial charge on any atom is -0.367 e. The third-order valence-electron chi connectivity index (χ3n) is 3.60. The molecule has 0 aliphatic heterocycles. The first kappa shape index (κ1) is 14.5. The summed E-state index contributed by atoms with van der Waals surface area (Å²) >= 11 is 0. The summed E-state index contributed by atoms with van der Waals surface area (Å²) < 4.78 is 0. The van der Waals surface area contributed by atoms with Crippen molar-refractivity contribution in [1.82, 2.24) is 15.3 Å². The maximum atomic E-state index is 12.1. The van der Waals surface area contributed by atoms with Crippen molar-refractivity contribution < 1.29 is 4.79 Å². The number of hydrogen-bond acceptors (Lipinski definition) is 4. The summed E-state index contributed by atoms with van der Waals surface area (Å²) in [6.45, 7) is 0.642. The third kappa shape index (κ3) is 4.28. The normalized spacial score (nSPS) is 13.6. The number of carbonyl (C=O) groups is 1. The summed E-state index contributed by atoms with van der Waals surface area (Å²) in [6, 6.07) is 12.5. The molecular formula is C17H20N4O. The van der Waals surface area contributed by atoms with Gasteiger partial charge in [-0.3, -0.25) is 4.79 Å². The largest absolute Gasteiger partial charge is 0.367 e.